The number of hydrogen-bond acceptors (Lipinski definition) is 6. The summed E-state index contributed by atoms with van der Waals surface area (Å²) in [4.78, 5) is 22.3. The van der Waals surface area contributed by atoms with E-state index < -0.39 is 5.82 Å². The highest BCUT2D eigenvalue weighted by Gasteiger charge is 2.53. The van der Waals surface area contributed by atoms with Crippen molar-refractivity contribution in [2.24, 2.45) is 22.9 Å². The van der Waals surface area contributed by atoms with Crippen molar-refractivity contribution < 1.29 is 4.39 Å². The second-order valence-electron chi connectivity index (χ2n) is 7.77. The monoisotopic (exact) mass is 421 g/mol. The third-order valence-electron chi connectivity index (χ3n) is 5.81. The molecule has 0 radical (unpaired) electrons. The normalized spacial score (nSPS) is 22.3. The van der Waals surface area contributed by atoms with Crippen molar-refractivity contribution in [3.8, 4) is 11.8 Å². The van der Waals surface area contributed by atoms with E-state index in [1.54, 1.807) is 24.3 Å². The molecule has 2 unspecified atom stereocenters. The van der Waals surface area contributed by atoms with Crippen LogP contribution in [0.1, 0.15) is 5.56 Å². The number of hydrogen-bond donors (Lipinski definition) is 1. The molecule has 30 heavy (non-hydrogen) atoms. The molecule has 1 saturated carbocycles. The molecule has 2 atom stereocenters. The van der Waals surface area contributed by atoms with Gasteiger partial charge in [0, 0.05) is 24.4 Å². The summed E-state index contributed by atoms with van der Waals surface area (Å²) in [6.07, 6.45) is 1.37. The van der Waals surface area contributed by atoms with Gasteiger partial charge in [0.25, 0.3) is 0 Å². The molecule has 2 fully saturated rings. The number of benzene rings is 2. The number of nitroso groups, excluding NO2 is 1. The van der Waals surface area contributed by atoms with Crippen LogP contribution >= 0.6 is 11.6 Å². The third kappa shape index (κ3) is 3.28. The van der Waals surface area contributed by atoms with Crippen LogP contribution in [0.5, 0.6) is 0 Å². The summed E-state index contributed by atoms with van der Waals surface area (Å²) in [6, 6.07) is 7.96. The Morgan fingerprint density at radius 3 is 2.83 bits per heavy atom. The van der Waals surface area contributed by atoms with Gasteiger partial charge in [0.1, 0.15) is 17.8 Å². The molecule has 1 saturated heterocycles. The molecule has 8 heteroatoms. The van der Waals surface area contributed by atoms with Crippen molar-refractivity contribution in [2.75, 3.05) is 25.5 Å². The van der Waals surface area contributed by atoms with Crippen LogP contribution in [0.3, 0.4) is 0 Å². The maximum Gasteiger partial charge on any atom is 0.165 e. The molecule has 0 spiro atoms. The Morgan fingerprint density at radius 2 is 2.07 bits per heavy atom. The summed E-state index contributed by atoms with van der Waals surface area (Å²) < 4.78 is 14.3. The quantitative estimate of drug-likeness (QED) is 0.489. The van der Waals surface area contributed by atoms with Crippen LogP contribution in [-0.4, -0.2) is 35.0 Å². The standard InChI is InChI=1S/C22H17ClFN5O/c1-29-9-15-13(16(15)10-29)6-5-12-7-20-14(8-19(12)28-30)22(26-11-25-20)27-18-4-2-3-17(23)21(18)24/h2-4,7-8,11,13,15-16H,9-10H2,1H3,(H,25,26,27). The van der Waals surface area contributed by atoms with Gasteiger partial charge in [-0.15, -0.1) is 4.91 Å². The molecule has 1 aliphatic carbocycles. The third-order valence-corrected chi connectivity index (χ3v) is 6.10. The number of rotatable bonds is 3. The Kier molecular flexibility index (Phi) is 4.61. The molecule has 1 aromatic heterocycles. The average Bonchev–Trinajstić information content (AvgIpc) is 3.21. The topological polar surface area (TPSA) is 70.5 Å². The van der Waals surface area contributed by atoms with Gasteiger partial charge in [0.2, 0.25) is 0 Å². The molecule has 1 aliphatic heterocycles. The summed E-state index contributed by atoms with van der Waals surface area (Å²) in [7, 11) is 2.12. The van der Waals surface area contributed by atoms with Gasteiger partial charge in [0.05, 0.1) is 21.8 Å². The zero-order chi connectivity index (χ0) is 20.8. The van der Waals surface area contributed by atoms with E-state index in [0.29, 0.717) is 40.0 Å². The van der Waals surface area contributed by atoms with E-state index in [0.717, 1.165) is 13.1 Å². The predicted octanol–water partition coefficient (Wildman–Crippen LogP) is 4.72. The minimum absolute atomic E-state index is 0.00204. The maximum absolute atomic E-state index is 14.3. The van der Waals surface area contributed by atoms with Crippen LogP contribution in [0.2, 0.25) is 5.02 Å². The van der Waals surface area contributed by atoms with E-state index in [-0.39, 0.29) is 16.4 Å². The number of nitrogens with one attached hydrogen (secondary N) is 1. The van der Waals surface area contributed by atoms with E-state index in [4.69, 9.17) is 11.6 Å². The van der Waals surface area contributed by atoms with E-state index in [9.17, 15) is 9.30 Å². The van der Waals surface area contributed by atoms with Gasteiger partial charge < -0.3 is 10.2 Å². The molecule has 5 rings (SSSR count). The highest BCUT2D eigenvalue weighted by molar-refractivity contribution is 6.31. The summed E-state index contributed by atoms with van der Waals surface area (Å²) >= 11 is 5.85. The Balaban J connectivity index is 1.49. The van der Waals surface area contributed by atoms with Crippen LogP contribution in [0, 0.1) is 40.3 Å². The summed E-state index contributed by atoms with van der Waals surface area (Å²) in [5.41, 5.74) is 1.51. The van der Waals surface area contributed by atoms with Crippen molar-refractivity contribution in [3.05, 3.63) is 58.0 Å². The summed E-state index contributed by atoms with van der Waals surface area (Å²) in [5.74, 6) is 7.83. The zero-order valence-corrected chi connectivity index (χ0v) is 16.8. The number of fused-ring (bicyclic) bond motifs is 2. The smallest absolute Gasteiger partial charge is 0.165 e. The SMILES string of the molecule is CN1CC2C(C#Cc3cc4ncnc(Nc5cccc(Cl)c5F)c4cc3N=O)C2C1. The molecule has 0 bridgehead atoms. The largest absolute Gasteiger partial charge is 0.337 e. The van der Waals surface area contributed by atoms with Gasteiger partial charge >= 0.3 is 0 Å². The van der Waals surface area contributed by atoms with Gasteiger partial charge in [-0.25, -0.2) is 14.4 Å². The van der Waals surface area contributed by atoms with E-state index in [1.807, 2.05) is 0 Å². The lowest BCUT2D eigenvalue weighted by Crippen LogP contribution is -2.18. The Bertz CT molecular complexity index is 1230. The van der Waals surface area contributed by atoms with E-state index in [1.165, 1.54) is 12.4 Å². The fraction of sp³-hybridized carbons (Fsp3) is 0.273. The molecule has 0 amide bonds. The van der Waals surface area contributed by atoms with E-state index >= 15 is 0 Å². The van der Waals surface area contributed by atoms with Crippen LogP contribution in [0.15, 0.2) is 41.8 Å². The molecule has 2 heterocycles. The van der Waals surface area contributed by atoms with E-state index in [2.05, 4.69) is 44.3 Å². The molecule has 2 aromatic carbocycles. The molecule has 150 valence electrons. The zero-order valence-electron chi connectivity index (χ0n) is 16.1. The maximum atomic E-state index is 14.3. The first kappa shape index (κ1) is 18.9. The summed E-state index contributed by atoms with van der Waals surface area (Å²) in [5, 5.41) is 6.61. The van der Waals surface area contributed by atoms with Crippen LogP contribution in [0.4, 0.5) is 21.6 Å². The second-order valence-corrected chi connectivity index (χ2v) is 8.18. The van der Waals surface area contributed by atoms with Gasteiger partial charge in [-0.1, -0.05) is 29.5 Å². The Hall–Kier alpha value is -3.08. The van der Waals surface area contributed by atoms with Crippen LogP contribution in [0.25, 0.3) is 10.9 Å². The lowest BCUT2D eigenvalue weighted by molar-refractivity contribution is 0.360. The minimum atomic E-state index is -0.581. The van der Waals surface area contributed by atoms with Crippen molar-refractivity contribution in [2.45, 2.75) is 0 Å². The van der Waals surface area contributed by atoms with Crippen molar-refractivity contribution in [3.63, 3.8) is 0 Å². The summed E-state index contributed by atoms with van der Waals surface area (Å²) in [6.45, 7) is 2.14. The van der Waals surface area contributed by atoms with Crippen molar-refractivity contribution in [1.29, 1.82) is 0 Å². The molecule has 3 aromatic rings. The number of aromatic nitrogens is 2. The first-order valence-corrected chi connectivity index (χ1v) is 9.96. The molecular weight excluding hydrogens is 405 g/mol. The van der Waals surface area contributed by atoms with Crippen LogP contribution < -0.4 is 5.32 Å². The number of likely N-dealkylation sites (tertiary alicyclic amines) is 1. The molecule has 2 aliphatic rings. The second kappa shape index (κ2) is 7.31. The van der Waals surface area contributed by atoms with Gasteiger partial charge in [-0.2, -0.15) is 0 Å². The highest BCUT2D eigenvalue weighted by Crippen LogP contribution is 2.50. The Labute approximate surface area is 177 Å². The fourth-order valence-corrected chi connectivity index (χ4v) is 4.38. The Morgan fingerprint density at radius 1 is 1.27 bits per heavy atom. The minimum Gasteiger partial charge on any atom is -0.337 e. The highest BCUT2D eigenvalue weighted by atomic mass is 35.5. The van der Waals surface area contributed by atoms with Crippen LogP contribution in [-0.2, 0) is 0 Å². The molecule has 1 N–H and O–H groups in total. The predicted molar refractivity (Wildman–Crippen MR) is 115 cm³/mol. The lowest BCUT2D eigenvalue weighted by Gasteiger charge is -2.10. The fourth-order valence-electron chi connectivity index (χ4n) is 4.21. The molecular formula is C22H17ClFN5O. The first-order chi connectivity index (χ1) is 14.5. The van der Waals surface area contributed by atoms with Crippen molar-refractivity contribution in [1.82, 2.24) is 14.9 Å². The average molecular weight is 422 g/mol. The number of nitrogens with zero attached hydrogens (tertiary/aromatic N) is 4. The van der Waals surface area contributed by atoms with Gasteiger partial charge in [-0.05, 0) is 48.3 Å². The number of halogens is 2. The van der Waals surface area contributed by atoms with Gasteiger partial charge in [0.15, 0.2) is 5.82 Å². The lowest BCUT2D eigenvalue weighted by atomic mass is 10.1. The number of anilines is 2. The van der Waals surface area contributed by atoms with Gasteiger partial charge in [-0.3, -0.25) is 0 Å². The molecule has 6 nitrogen and oxygen atoms in total. The first-order valence-electron chi connectivity index (χ1n) is 9.58. The number of piperidine rings is 1. The van der Waals surface area contributed by atoms with Crippen molar-refractivity contribution >= 4 is 39.7 Å².